The minimum absolute atomic E-state index is 0.0942. The highest BCUT2D eigenvalue weighted by Gasteiger charge is 2.25. The van der Waals surface area contributed by atoms with Crippen LogP contribution in [0.5, 0.6) is 0 Å². The summed E-state index contributed by atoms with van der Waals surface area (Å²) in [5, 5.41) is 0. The van der Waals surface area contributed by atoms with E-state index in [0.717, 1.165) is 19.2 Å². The fourth-order valence-corrected chi connectivity index (χ4v) is 2.00. The van der Waals surface area contributed by atoms with Crippen LogP contribution in [0.15, 0.2) is 17.0 Å². The standard InChI is InChI=1S/C10H12F2O3S/c1-6(2)7-4-8(11)10(9(12)5-7)16(13,14)15-3/h4-6H,1-3H3. The van der Waals surface area contributed by atoms with E-state index in [1.165, 1.54) is 0 Å². The molecule has 0 N–H and O–H groups in total. The van der Waals surface area contributed by atoms with Gasteiger partial charge < -0.3 is 0 Å². The van der Waals surface area contributed by atoms with Gasteiger partial charge in [-0.2, -0.15) is 8.42 Å². The predicted molar refractivity (Wildman–Crippen MR) is 54.6 cm³/mol. The van der Waals surface area contributed by atoms with Gasteiger partial charge in [-0.15, -0.1) is 0 Å². The van der Waals surface area contributed by atoms with E-state index in [2.05, 4.69) is 4.18 Å². The molecule has 0 aliphatic heterocycles. The summed E-state index contributed by atoms with van der Waals surface area (Å²) in [5.41, 5.74) is 0.394. The third-order valence-electron chi connectivity index (χ3n) is 2.16. The average Bonchev–Trinajstić information content (AvgIpc) is 2.16. The normalized spacial score (nSPS) is 12.1. The van der Waals surface area contributed by atoms with E-state index in [-0.39, 0.29) is 5.92 Å². The average molecular weight is 250 g/mol. The van der Waals surface area contributed by atoms with Crippen molar-refractivity contribution >= 4 is 10.1 Å². The first kappa shape index (κ1) is 13.1. The second-order valence-corrected chi connectivity index (χ2v) is 5.24. The number of hydrogen-bond acceptors (Lipinski definition) is 3. The zero-order valence-electron chi connectivity index (χ0n) is 9.12. The smallest absolute Gasteiger partial charge is 0.270 e. The fraction of sp³-hybridized carbons (Fsp3) is 0.400. The van der Waals surface area contributed by atoms with Crippen LogP contribution in [0.25, 0.3) is 0 Å². The quantitative estimate of drug-likeness (QED) is 0.774. The molecule has 0 heterocycles. The summed E-state index contributed by atoms with van der Waals surface area (Å²) in [6, 6.07) is 2.00. The van der Waals surface area contributed by atoms with Crippen LogP contribution in [0.2, 0.25) is 0 Å². The first-order chi connectivity index (χ1) is 7.29. The Morgan fingerprint density at radius 2 is 1.62 bits per heavy atom. The molecule has 1 rings (SSSR count). The Morgan fingerprint density at radius 3 is 1.94 bits per heavy atom. The molecule has 0 saturated carbocycles. The largest absolute Gasteiger partial charge is 0.302 e. The van der Waals surface area contributed by atoms with E-state index in [0.29, 0.717) is 5.56 Å². The second-order valence-electron chi connectivity index (χ2n) is 3.59. The summed E-state index contributed by atoms with van der Waals surface area (Å²) >= 11 is 0. The van der Waals surface area contributed by atoms with Crippen molar-refractivity contribution < 1.29 is 21.4 Å². The van der Waals surface area contributed by atoms with E-state index < -0.39 is 26.6 Å². The van der Waals surface area contributed by atoms with Crippen molar-refractivity contribution in [1.29, 1.82) is 0 Å². The molecule has 0 fully saturated rings. The highest BCUT2D eigenvalue weighted by Crippen LogP contribution is 2.25. The summed E-state index contributed by atoms with van der Waals surface area (Å²) in [4.78, 5) is -1.04. The second kappa shape index (κ2) is 4.47. The van der Waals surface area contributed by atoms with Gasteiger partial charge in [0.25, 0.3) is 0 Å². The molecular formula is C10H12F2O3S. The van der Waals surface area contributed by atoms with Crippen LogP contribution in [0, 0.1) is 11.6 Å². The van der Waals surface area contributed by atoms with Crippen molar-refractivity contribution in [3.63, 3.8) is 0 Å². The van der Waals surface area contributed by atoms with Crippen LogP contribution in [0.1, 0.15) is 25.3 Å². The van der Waals surface area contributed by atoms with Crippen LogP contribution in [0.3, 0.4) is 0 Å². The van der Waals surface area contributed by atoms with Crippen molar-refractivity contribution in [3.05, 3.63) is 29.3 Å². The topological polar surface area (TPSA) is 43.4 Å². The molecular weight excluding hydrogens is 238 g/mol. The summed E-state index contributed by atoms with van der Waals surface area (Å²) < 4.78 is 53.4. The lowest BCUT2D eigenvalue weighted by atomic mass is 10.0. The highest BCUT2D eigenvalue weighted by molar-refractivity contribution is 7.86. The Kier molecular flexibility index (Phi) is 3.64. The van der Waals surface area contributed by atoms with E-state index in [4.69, 9.17) is 0 Å². The lowest BCUT2D eigenvalue weighted by Crippen LogP contribution is -2.09. The first-order valence-electron chi connectivity index (χ1n) is 4.59. The Labute approximate surface area is 93.2 Å². The minimum Gasteiger partial charge on any atom is -0.270 e. The van der Waals surface area contributed by atoms with E-state index in [1.54, 1.807) is 13.8 Å². The van der Waals surface area contributed by atoms with Crippen molar-refractivity contribution in [2.75, 3.05) is 7.11 Å². The number of hydrogen-bond donors (Lipinski definition) is 0. The molecule has 3 nitrogen and oxygen atoms in total. The lowest BCUT2D eigenvalue weighted by molar-refractivity contribution is 0.386. The Bertz CT molecular complexity index is 472. The molecule has 0 radical (unpaired) electrons. The molecule has 0 amide bonds. The molecule has 0 atom stereocenters. The zero-order chi connectivity index (χ0) is 12.5. The monoisotopic (exact) mass is 250 g/mol. The third kappa shape index (κ3) is 2.38. The van der Waals surface area contributed by atoms with Gasteiger partial charge in [0.15, 0.2) is 4.90 Å². The number of rotatable bonds is 3. The first-order valence-corrected chi connectivity index (χ1v) is 6.00. The molecule has 1 aromatic carbocycles. The Hall–Kier alpha value is -1.01. The maximum Gasteiger partial charge on any atom is 0.302 e. The molecule has 6 heteroatoms. The van der Waals surface area contributed by atoms with Gasteiger partial charge in [-0.3, -0.25) is 4.18 Å². The fourth-order valence-electron chi connectivity index (χ4n) is 1.23. The summed E-state index contributed by atoms with van der Waals surface area (Å²) in [6.07, 6.45) is 0. The van der Waals surface area contributed by atoms with Gasteiger partial charge in [0, 0.05) is 0 Å². The summed E-state index contributed by atoms with van der Waals surface area (Å²) in [6.45, 7) is 3.50. The van der Waals surface area contributed by atoms with Gasteiger partial charge in [0.1, 0.15) is 11.6 Å². The maximum absolute atomic E-state index is 13.5. The summed E-state index contributed by atoms with van der Waals surface area (Å²) in [5.74, 6) is -2.36. The molecule has 0 aliphatic carbocycles. The van der Waals surface area contributed by atoms with Gasteiger partial charge in [0.2, 0.25) is 0 Å². The van der Waals surface area contributed by atoms with Crippen LogP contribution in [0.4, 0.5) is 8.78 Å². The number of halogens is 2. The van der Waals surface area contributed by atoms with Crippen molar-refractivity contribution in [1.82, 2.24) is 0 Å². The van der Waals surface area contributed by atoms with Crippen LogP contribution >= 0.6 is 0 Å². The maximum atomic E-state index is 13.5. The molecule has 0 aromatic heterocycles. The Morgan fingerprint density at radius 1 is 1.19 bits per heavy atom. The predicted octanol–water partition coefficient (Wildman–Crippen LogP) is 2.42. The van der Waals surface area contributed by atoms with Gasteiger partial charge in [-0.1, -0.05) is 13.8 Å². The molecule has 16 heavy (non-hydrogen) atoms. The minimum atomic E-state index is -4.35. The molecule has 0 spiro atoms. The molecule has 0 bridgehead atoms. The van der Waals surface area contributed by atoms with E-state index in [9.17, 15) is 17.2 Å². The third-order valence-corrected chi connectivity index (χ3v) is 3.49. The van der Waals surface area contributed by atoms with Gasteiger partial charge in [-0.05, 0) is 23.6 Å². The van der Waals surface area contributed by atoms with E-state index in [1.807, 2.05) is 0 Å². The highest BCUT2D eigenvalue weighted by atomic mass is 32.2. The van der Waals surface area contributed by atoms with Gasteiger partial charge >= 0.3 is 10.1 Å². The molecule has 0 aliphatic rings. The van der Waals surface area contributed by atoms with Crippen molar-refractivity contribution in [2.45, 2.75) is 24.7 Å². The van der Waals surface area contributed by atoms with Crippen molar-refractivity contribution in [2.24, 2.45) is 0 Å². The SMILES string of the molecule is COS(=O)(=O)c1c(F)cc(C(C)C)cc1F. The molecule has 1 aromatic rings. The van der Waals surface area contributed by atoms with Crippen LogP contribution < -0.4 is 0 Å². The molecule has 0 saturated heterocycles. The molecule has 0 unspecified atom stereocenters. The van der Waals surface area contributed by atoms with Gasteiger partial charge in [-0.25, -0.2) is 8.78 Å². The van der Waals surface area contributed by atoms with Crippen LogP contribution in [-0.2, 0) is 14.3 Å². The van der Waals surface area contributed by atoms with E-state index >= 15 is 0 Å². The van der Waals surface area contributed by atoms with Crippen molar-refractivity contribution in [3.8, 4) is 0 Å². The van der Waals surface area contributed by atoms with Gasteiger partial charge in [0.05, 0.1) is 7.11 Å². The zero-order valence-corrected chi connectivity index (χ0v) is 9.94. The molecule has 90 valence electrons. The Balaban J connectivity index is 3.46. The number of benzene rings is 1. The summed E-state index contributed by atoms with van der Waals surface area (Å²) in [7, 11) is -3.50. The lowest BCUT2D eigenvalue weighted by Gasteiger charge is -2.09. The van der Waals surface area contributed by atoms with Crippen LogP contribution in [-0.4, -0.2) is 15.5 Å².